The average molecular weight is 180 g/mol. The second-order valence-corrected chi connectivity index (χ2v) is 5.10. The summed E-state index contributed by atoms with van der Waals surface area (Å²) in [7, 11) is 0. The van der Waals surface area contributed by atoms with E-state index >= 15 is 0 Å². The Balaban J connectivity index is 0.000000243. The maximum atomic E-state index is 3.84. The topological polar surface area (TPSA) is 0 Å². The monoisotopic (exact) mass is 180 g/mol. The molecule has 0 saturated heterocycles. The molecule has 1 aliphatic carbocycles. The molecular formula is C13H24. The second kappa shape index (κ2) is 6.01. The highest BCUT2D eigenvalue weighted by Gasteiger charge is 2.08. The predicted octanol–water partition coefficient (Wildman–Crippen LogP) is 4.73. The van der Waals surface area contributed by atoms with Gasteiger partial charge in [-0.25, -0.2) is 0 Å². The van der Waals surface area contributed by atoms with Crippen LogP contribution in [-0.2, 0) is 0 Å². The molecule has 0 atom stereocenters. The van der Waals surface area contributed by atoms with E-state index in [2.05, 4.69) is 46.4 Å². The summed E-state index contributed by atoms with van der Waals surface area (Å²) in [6.45, 7) is 12.6. The number of hydrogen-bond acceptors (Lipinski definition) is 0. The Morgan fingerprint density at radius 3 is 1.77 bits per heavy atom. The first-order chi connectivity index (χ1) is 5.92. The van der Waals surface area contributed by atoms with E-state index in [1.165, 1.54) is 24.8 Å². The van der Waals surface area contributed by atoms with Gasteiger partial charge in [0.2, 0.25) is 0 Å². The number of allylic oxidation sites excluding steroid dienone is 3. The molecule has 0 nitrogen and oxygen atoms in total. The summed E-state index contributed by atoms with van der Waals surface area (Å²) in [5.41, 5.74) is 1.70. The van der Waals surface area contributed by atoms with Gasteiger partial charge in [-0.05, 0) is 38.0 Å². The highest BCUT2D eigenvalue weighted by atomic mass is 14.1. The van der Waals surface area contributed by atoms with Crippen molar-refractivity contribution in [1.82, 2.24) is 0 Å². The summed E-state index contributed by atoms with van der Waals surface area (Å²) >= 11 is 0. The molecule has 0 spiro atoms. The minimum Gasteiger partial charge on any atom is -0.100 e. The predicted molar refractivity (Wildman–Crippen MR) is 61.9 cm³/mol. The van der Waals surface area contributed by atoms with Crippen molar-refractivity contribution in [2.75, 3.05) is 0 Å². The zero-order valence-corrected chi connectivity index (χ0v) is 9.69. The van der Waals surface area contributed by atoms with Crippen molar-refractivity contribution in [3.63, 3.8) is 0 Å². The fourth-order valence-corrected chi connectivity index (χ4v) is 1.49. The van der Waals surface area contributed by atoms with Crippen molar-refractivity contribution < 1.29 is 0 Å². The van der Waals surface area contributed by atoms with E-state index < -0.39 is 0 Å². The van der Waals surface area contributed by atoms with Crippen molar-refractivity contribution in [1.29, 1.82) is 0 Å². The lowest BCUT2D eigenvalue weighted by atomic mass is 9.89. The fourth-order valence-electron chi connectivity index (χ4n) is 1.49. The van der Waals surface area contributed by atoms with Crippen LogP contribution >= 0.6 is 0 Å². The summed E-state index contributed by atoms with van der Waals surface area (Å²) in [4.78, 5) is 0. The van der Waals surface area contributed by atoms with Crippen LogP contribution in [0.5, 0.6) is 0 Å². The molecule has 13 heavy (non-hydrogen) atoms. The van der Waals surface area contributed by atoms with Crippen molar-refractivity contribution in [2.24, 2.45) is 5.41 Å². The van der Waals surface area contributed by atoms with Crippen LogP contribution in [0.25, 0.3) is 0 Å². The van der Waals surface area contributed by atoms with Gasteiger partial charge in [0.05, 0.1) is 0 Å². The van der Waals surface area contributed by atoms with Gasteiger partial charge in [0.1, 0.15) is 0 Å². The molecule has 0 heteroatoms. The molecule has 0 radical (unpaired) electrons. The Hall–Kier alpha value is -0.520. The maximum Gasteiger partial charge on any atom is -0.0277 e. The molecule has 0 unspecified atom stereocenters. The van der Waals surface area contributed by atoms with Crippen molar-refractivity contribution in [2.45, 2.75) is 53.4 Å². The van der Waals surface area contributed by atoms with Gasteiger partial charge < -0.3 is 0 Å². The first-order valence-corrected chi connectivity index (χ1v) is 5.21. The Morgan fingerprint density at radius 2 is 1.69 bits per heavy atom. The minimum atomic E-state index is 0.422. The molecule has 1 aliphatic rings. The number of hydrogen-bond donors (Lipinski definition) is 0. The first kappa shape index (κ1) is 12.5. The molecular weight excluding hydrogens is 156 g/mol. The van der Waals surface area contributed by atoms with E-state index in [9.17, 15) is 0 Å². The van der Waals surface area contributed by atoms with E-state index in [0.29, 0.717) is 5.41 Å². The summed E-state index contributed by atoms with van der Waals surface area (Å²) in [5.74, 6) is 0. The summed E-state index contributed by atoms with van der Waals surface area (Å²) < 4.78 is 0. The van der Waals surface area contributed by atoms with Crippen molar-refractivity contribution in [3.05, 3.63) is 24.3 Å². The molecule has 0 N–H and O–H groups in total. The molecule has 0 heterocycles. The lowest BCUT2D eigenvalue weighted by Crippen LogP contribution is -2.03. The van der Waals surface area contributed by atoms with Gasteiger partial charge >= 0.3 is 0 Å². The van der Waals surface area contributed by atoms with Crippen molar-refractivity contribution >= 4 is 0 Å². The Morgan fingerprint density at radius 1 is 1.23 bits per heavy atom. The van der Waals surface area contributed by atoms with Gasteiger partial charge in [-0.1, -0.05) is 38.5 Å². The average Bonchev–Trinajstić information content (AvgIpc) is 2.33. The molecule has 0 aromatic heterocycles. The third-order valence-corrected chi connectivity index (χ3v) is 1.74. The van der Waals surface area contributed by atoms with Crippen LogP contribution in [0.2, 0.25) is 0 Å². The molecule has 0 fully saturated rings. The summed E-state index contributed by atoms with van der Waals surface area (Å²) in [6.07, 6.45) is 9.63. The molecule has 0 saturated carbocycles. The lowest BCUT2D eigenvalue weighted by molar-refractivity contribution is 0.410. The van der Waals surface area contributed by atoms with E-state index in [-0.39, 0.29) is 0 Å². The molecule has 0 amide bonds. The lowest BCUT2D eigenvalue weighted by Gasteiger charge is -2.17. The smallest absolute Gasteiger partial charge is 0.0277 e. The van der Waals surface area contributed by atoms with E-state index in [0.717, 1.165) is 6.42 Å². The van der Waals surface area contributed by atoms with Crippen LogP contribution < -0.4 is 0 Å². The van der Waals surface area contributed by atoms with E-state index in [1.54, 1.807) is 0 Å². The number of rotatable bonds is 1. The first-order valence-electron chi connectivity index (χ1n) is 5.21. The van der Waals surface area contributed by atoms with Crippen molar-refractivity contribution in [3.8, 4) is 0 Å². The Kier molecular flexibility index (Phi) is 5.77. The third kappa shape index (κ3) is 11.5. The third-order valence-electron chi connectivity index (χ3n) is 1.74. The van der Waals surface area contributed by atoms with Crippen LogP contribution in [0.15, 0.2) is 24.3 Å². The normalized spacial score (nSPS) is 15.1. The van der Waals surface area contributed by atoms with Gasteiger partial charge in [0.15, 0.2) is 0 Å². The van der Waals surface area contributed by atoms with Gasteiger partial charge in [-0.2, -0.15) is 0 Å². The highest BCUT2D eigenvalue weighted by molar-refractivity contribution is 4.92. The maximum absolute atomic E-state index is 3.84. The zero-order valence-electron chi connectivity index (χ0n) is 9.69. The van der Waals surface area contributed by atoms with Gasteiger partial charge in [0.25, 0.3) is 0 Å². The molecule has 0 aromatic carbocycles. The molecule has 0 aromatic rings. The van der Waals surface area contributed by atoms with Crippen LogP contribution in [0, 0.1) is 5.41 Å². The summed E-state index contributed by atoms with van der Waals surface area (Å²) in [5, 5.41) is 0. The Bertz CT molecular complexity index is 161. The molecule has 0 aliphatic heterocycles. The minimum absolute atomic E-state index is 0.422. The van der Waals surface area contributed by atoms with Gasteiger partial charge in [-0.3, -0.25) is 0 Å². The van der Waals surface area contributed by atoms with Gasteiger partial charge in [0, 0.05) is 0 Å². The summed E-state index contributed by atoms with van der Waals surface area (Å²) in [6, 6.07) is 0. The largest absolute Gasteiger partial charge is 0.100 e. The van der Waals surface area contributed by atoms with E-state index in [4.69, 9.17) is 0 Å². The van der Waals surface area contributed by atoms with Crippen LogP contribution in [0.3, 0.4) is 0 Å². The fraction of sp³-hybridized carbons (Fsp3) is 0.692. The van der Waals surface area contributed by atoms with Gasteiger partial charge in [-0.15, -0.1) is 6.58 Å². The van der Waals surface area contributed by atoms with Crippen LogP contribution in [-0.4, -0.2) is 0 Å². The zero-order chi connectivity index (χ0) is 10.3. The second-order valence-electron chi connectivity index (χ2n) is 5.10. The highest BCUT2D eigenvalue weighted by Crippen LogP contribution is 2.22. The quantitative estimate of drug-likeness (QED) is 0.512. The molecule has 1 rings (SSSR count). The van der Waals surface area contributed by atoms with E-state index in [1.807, 2.05) is 0 Å². The Labute approximate surface area is 83.7 Å². The SMILES string of the molecule is C1=CCCC1.C=C(C)CC(C)(C)C. The standard InChI is InChI=1S/C8H16.C5H8/c1-7(2)6-8(3,4)5;1-2-4-5-3-1/h1,6H2,2-5H3;1-2H,3-5H2. The van der Waals surface area contributed by atoms with Crippen LogP contribution in [0.4, 0.5) is 0 Å². The molecule has 0 bridgehead atoms. The van der Waals surface area contributed by atoms with Crippen LogP contribution in [0.1, 0.15) is 53.4 Å². The molecule has 76 valence electrons.